The van der Waals surface area contributed by atoms with E-state index in [-0.39, 0.29) is 29.2 Å². The Morgan fingerprint density at radius 1 is 1.07 bits per heavy atom. The molecule has 1 aliphatic rings. The molecule has 9 heteroatoms. The van der Waals surface area contributed by atoms with Crippen molar-refractivity contribution < 1.29 is 31.9 Å². The number of hydrogen-bond donors (Lipinski definition) is 1. The largest absolute Gasteiger partial charge is 0.435 e. The number of rotatable bonds is 7. The van der Waals surface area contributed by atoms with Crippen LogP contribution < -0.4 is 10.1 Å². The fourth-order valence-corrected chi connectivity index (χ4v) is 2.76. The highest BCUT2D eigenvalue weighted by Crippen LogP contribution is 2.22. The fraction of sp³-hybridized carbons (Fsp3) is 0.200. The molecule has 0 radical (unpaired) electrons. The van der Waals surface area contributed by atoms with Gasteiger partial charge < -0.3 is 10.1 Å². The lowest BCUT2D eigenvalue weighted by Crippen LogP contribution is -2.33. The van der Waals surface area contributed by atoms with Crippen molar-refractivity contribution >= 4 is 17.5 Å². The van der Waals surface area contributed by atoms with Crippen LogP contribution in [0.3, 0.4) is 0 Å². The standard InChI is InChI=1S/C20H16F4N2O3/c1-11-15(21)8-13(9-16(11)22)25-17-10-18(27)26(19(17)28)7-6-12-2-4-14(5-3-12)29-20(23)24/h2-5,8-10,20,25H,6-7H2,1H3. The number of carbonyl (C=O) groups excluding carboxylic acids is 2. The molecule has 152 valence electrons. The number of ether oxygens (including phenoxy) is 1. The quantitative estimate of drug-likeness (QED) is 0.560. The lowest BCUT2D eigenvalue weighted by atomic mass is 10.1. The molecule has 2 aromatic carbocycles. The van der Waals surface area contributed by atoms with Crippen LogP contribution in [0.2, 0.25) is 0 Å². The van der Waals surface area contributed by atoms with Gasteiger partial charge in [-0.3, -0.25) is 14.5 Å². The second-order valence-corrected chi connectivity index (χ2v) is 6.32. The summed E-state index contributed by atoms with van der Waals surface area (Å²) in [5, 5.41) is 2.57. The number of hydrogen-bond acceptors (Lipinski definition) is 4. The van der Waals surface area contributed by atoms with Gasteiger partial charge >= 0.3 is 6.61 Å². The summed E-state index contributed by atoms with van der Waals surface area (Å²) in [5.74, 6) is -2.75. The molecule has 1 aliphatic heterocycles. The summed E-state index contributed by atoms with van der Waals surface area (Å²) < 4.78 is 55.9. The maximum atomic E-state index is 13.7. The number of imide groups is 1. The first-order chi connectivity index (χ1) is 13.7. The van der Waals surface area contributed by atoms with Gasteiger partial charge in [0.1, 0.15) is 23.1 Å². The highest BCUT2D eigenvalue weighted by Gasteiger charge is 2.31. The van der Waals surface area contributed by atoms with Crippen LogP contribution in [0.1, 0.15) is 11.1 Å². The number of amides is 2. The minimum absolute atomic E-state index is 0.00258. The van der Waals surface area contributed by atoms with E-state index < -0.39 is 30.1 Å². The van der Waals surface area contributed by atoms with E-state index in [9.17, 15) is 27.2 Å². The second-order valence-electron chi connectivity index (χ2n) is 6.32. The third-order valence-corrected chi connectivity index (χ3v) is 4.34. The number of benzene rings is 2. The monoisotopic (exact) mass is 408 g/mol. The molecule has 0 saturated carbocycles. The van der Waals surface area contributed by atoms with E-state index in [1.54, 1.807) is 12.1 Å². The van der Waals surface area contributed by atoms with Crippen LogP contribution in [0.5, 0.6) is 5.75 Å². The molecule has 0 spiro atoms. The molecular weight excluding hydrogens is 392 g/mol. The van der Waals surface area contributed by atoms with Crippen LogP contribution >= 0.6 is 0 Å². The molecule has 2 amide bonds. The van der Waals surface area contributed by atoms with Crippen molar-refractivity contribution in [1.29, 1.82) is 0 Å². The van der Waals surface area contributed by atoms with E-state index in [4.69, 9.17) is 0 Å². The molecule has 0 atom stereocenters. The van der Waals surface area contributed by atoms with Gasteiger partial charge in [0, 0.05) is 23.9 Å². The minimum Gasteiger partial charge on any atom is -0.435 e. The van der Waals surface area contributed by atoms with Gasteiger partial charge in [-0.25, -0.2) is 8.78 Å². The first-order valence-electron chi connectivity index (χ1n) is 8.58. The molecule has 3 rings (SSSR count). The lowest BCUT2D eigenvalue weighted by molar-refractivity contribution is -0.137. The van der Waals surface area contributed by atoms with Gasteiger partial charge in [0.2, 0.25) is 0 Å². The average Bonchev–Trinajstić information content (AvgIpc) is 2.92. The topological polar surface area (TPSA) is 58.6 Å². The maximum absolute atomic E-state index is 13.7. The first-order valence-corrected chi connectivity index (χ1v) is 8.58. The third-order valence-electron chi connectivity index (χ3n) is 4.34. The highest BCUT2D eigenvalue weighted by atomic mass is 19.3. The van der Waals surface area contributed by atoms with E-state index in [0.29, 0.717) is 12.0 Å². The Morgan fingerprint density at radius 3 is 2.28 bits per heavy atom. The zero-order valence-corrected chi connectivity index (χ0v) is 15.2. The molecule has 0 aromatic heterocycles. The molecule has 1 N–H and O–H groups in total. The average molecular weight is 408 g/mol. The number of carbonyl (C=O) groups is 2. The summed E-state index contributed by atoms with van der Waals surface area (Å²) in [5.41, 5.74) is 0.467. The number of alkyl halides is 2. The maximum Gasteiger partial charge on any atom is 0.387 e. The van der Waals surface area contributed by atoms with Gasteiger partial charge in [-0.2, -0.15) is 8.78 Å². The summed E-state index contributed by atoms with van der Waals surface area (Å²) in [7, 11) is 0. The number of nitrogens with zero attached hydrogens (tertiary/aromatic N) is 1. The molecule has 5 nitrogen and oxygen atoms in total. The summed E-state index contributed by atoms with van der Waals surface area (Å²) in [6.07, 6.45) is 1.35. The summed E-state index contributed by atoms with van der Waals surface area (Å²) in [6.45, 7) is -1.59. The Bertz CT molecular complexity index is 951. The minimum atomic E-state index is -2.92. The molecule has 1 heterocycles. The molecule has 2 aromatic rings. The van der Waals surface area contributed by atoms with Gasteiger partial charge in [-0.15, -0.1) is 0 Å². The number of nitrogens with one attached hydrogen (secondary N) is 1. The van der Waals surface area contributed by atoms with Gasteiger partial charge in [-0.1, -0.05) is 12.1 Å². The molecule has 29 heavy (non-hydrogen) atoms. The second kappa shape index (κ2) is 8.34. The Hall–Kier alpha value is -3.36. The zero-order chi connectivity index (χ0) is 21.1. The SMILES string of the molecule is Cc1c(F)cc(NC2=CC(=O)N(CCc3ccc(OC(F)F)cc3)C2=O)cc1F. The highest BCUT2D eigenvalue weighted by molar-refractivity contribution is 6.17. The molecule has 0 bridgehead atoms. The smallest absolute Gasteiger partial charge is 0.387 e. The zero-order valence-electron chi connectivity index (χ0n) is 15.2. The van der Waals surface area contributed by atoms with Gasteiger partial charge in [0.05, 0.1) is 0 Å². The van der Waals surface area contributed by atoms with E-state index in [1.807, 2.05) is 0 Å². The number of anilines is 1. The van der Waals surface area contributed by atoms with Crippen molar-refractivity contribution in [2.45, 2.75) is 20.0 Å². The lowest BCUT2D eigenvalue weighted by Gasteiger charge is -2.15. The Kier molecular flexibility index (Phi) is 5.86. The van der Waals surface area contributed by atoms with E-state index in [1.165, 1.54) is 19.1 Å². The van der Waals surface area contributed by atoms with Crippen LogP contribution in [-0.4, -0.2) is 29.9 Å². The van der Waals surface area contributed by atoms with Gasteiger partial charge in [0.15, 0.2) is 0 Å². The Labute approximate surface area is 163 Å². The van der Waals surface area contributed by atoms with E-state index in [0.717, 1.165) is 23.1 Å². The van der Waals surface area contributed by atoms with Crippen molar-refractivity contribution in [3.8, 4) is 5.75 Å². The van der Waals surface area contributed by atoms with Crippen molar-refractivity contribution in [3.05, 3.63) is 70.9 Å². The van der Waals surface area contributed by atoms with Gasteiger partial charge in [0.25, 0.3) is 11.8 Å². The summed E-state index contributed by atoms with van der Waals surface area (Å²) in [4.78, 5) is 25.5. The third kappa shape index (κ3) is 4.74. The van der Waals surface area contributed by atoms with Crippen LogP contribution in [0.4, 0.5) is 23.2 Å². The van der Waals surface area contributed by atoms with Crippen molar-refractivity contribution in [3.63, 3.8) is 0 Å². The Balaban J connectivity index is 1.62. The molecule has 0 saturated heterocycles. The normalized spacial score (nSPS) is 13.9. The van der Waals surface area contributed by atoms with Crippen LogP contribution in [-0.2, 0) is 16.0 Å². The van der Waals surface area contributed by atoms with E-state index in [2.05, 4.69) is 10.1 Å². The van der Waals surface area contributed by atoms with Crippen LogP contribution in [0, 0.1) is 18.6 Å². The summed E-state index contributed by atoms with van der Waals surface area (Å²) in [6, 6.07) is 7.88. The first kappa shape index (κ1) is 20.4. The van der Waals surface area contributed by atoms with Crippen molar-refractivity contribution in [1.82, 2.24) is 4.90 Å². The predicted molar refractivity (Wildman–Crippen MR) is 96.3 cm³/mol. The predicted octanol–water partition coefficient (Wildman–Crippen LogP) is 3.78. The Morgan fingerprint density at radius 2 is 1.69 bits per heavy atom. The van der Waals surface area contributed by atoms with Crippen molar-refractivity contribution in [2.24, 2.45) is 0 Å². The van der Waals surface area contributed by atoms with Crippen LogP contribution in [0.15, 0.2) is 48.2 Å². The van der Waals surface area contributed by atoms with Crippen molar-refractivity contribution in [2.75, 3.05) is 11.9 Å². The fourth-order valence-electron chi connectivity index (χ4n) is 2.76. The van der Waals surface area contributed by atoms with Crippen LogP contribution in [0.25, 0.3) is 0 Å². The molecule has 0 aliphatic carbocycles. The molecular formula is C20H16F4N2O3. The molecule has 0 unspecified atom stereocenters. The van der Waals surface area contributed by atoms with E-state index >= 15 is 0 Å². The van der Waals surface area contributed by atoms with Gasteiger partial charge in [-0.05, 0) is 43.2 Å². The summed E-state index contributed by atoms with van der Waals surface area (Å²) >= 11 is 0. The number of halogens is 4. The molecule has 0 fully saturated rings.